The minimum Gasteiger partial charge on any atom is -0.488 e. The molecule has 0 amide bonds. The van der Waals surface area contributed by atoms with Crippen molar-refractivity contribution in [2.45, 2.75) is 45.5 Å². The van der Waals surface area contributed by atoms with Crippen molar-refractivity contribution in [3.8, 4) is 5.75 Å². The quantitative estimate of drug-likeness (QED) is 0.814. The maximum Gasteiger partial charge on any atom is 0.165 e. The SMILES string of the molecule is Cc1ccc(F)c(OC[C@H]2CN(C[C@H](O)COC(C)(C)C)CCO2)c1. The summed E-state index contributed by atoms with van der Waals surface area (Å²) < 4.78 is 30.6. The third kappa shape index (κ3) is 7.28. The van der Waals surface area contributed by atoms with Gasteiger partial charge in [0.15, 0.2) is 11.6 Å². The number of morpholine rings is 1. The van der Waals surface area contributed by atoms with E-state index in [9.17, 15) is 9.50 Å². The van der Waals surface area contributed by atoms with Crippen molar-refractivity contribution in [1.29, 1.82) is 0 Å². The fourth-order valence-corrected chi connectivity index (χ4v) is 2.65. The third-order valence-corrected chi connectivity index (χ3v) is 3.91. The van der Waals surface area contributed by atoms with Gasteiger partial charge >= 0.3 is 0 Å². The van der Waals surface area contributed by atoms with Crippen LogP contribution in [0.25, 0.3) is 0 Å². The molecular formula is C19H30FNO4. The molecule has 0 aliphatic carbocycles. The van der Waals surface area contributed by atoms with Crippen LogP contribution in [0.3, 0.4) is 0 Å². The molecular weight excluding hydrogens is 325 g/mol. The van der Waals surface area contributed by atoms with Gasteiger partial charge in [-0.2, -0.15) is 0 Å². The van der Waals surface area contributed by atoms with Gasteiger partial charge < -0.3 is 19.3 Å². The number of hydrogen-bond donors (Lipinski definition) is 1. The van der Waals surface area contributed by atoms with Crippen LogP contribution in [0.1, 0.15) is 26.3 Å². The maximum atomic E-state index is 13.7. The van der Waals surface area contributed by atoms with Crippen LogP contribution in [0.15, 0.2) is 18.2 Å². The van der Waals surface area contributed by atoms with Crippen molar-refractivity contribution in [2.24, 2.45) is 0 Å². The van der Waals surface area contributed by atoms with Gasteiger partial charge in [0, 0.05) is 19.6 Å². The Kier molecular flexibility index (Phi) is 7.19. The summed E-state index contributed by atoms with van der Waals surface area (Å²) in [5, 5.41) is 10.1. The second kappa shape index (κ2) is 8.94. The molecule has 1 N–H and O–H groups in total. The number of hydrogen-bond acceptors (Lipinski definition) is 5. The van der Waals surface area contributed by atoms with E-state index in [4.69, 9.17) is 14.2 Å². The van der Waals surface area contributed by atoms with Gasteiger partial charge in [-0.15, -0.1) is 0 Å². The van der Waals surface area contributed by atoms with Crippen LogP contribution in [-0.4, -0.2) is 67.3 Å². The van der Waals surface area contributed by atoms with Crippen LogP contribution in [0.5, 0.6) is 5.75 Å². The van der Waals surface area contributed by atoms with Gasteiger partial charge in [0.05, 0.1) is 24.9 Å². The van der Waals surface area contributed by atoms with Gasteiger partial charge in [-0.05, 0) is 45.4 Å². The van der Waals surface area contributed by atoms with Gasteiger partial charge in [-0.1, -0.05) is 6.07 Å². The van der Waals surface area contributed by atoms with E-state index in [2.05, 4.69) is 4.90 Å². The Morgan fingerprint density at radius 3 is 2.88 bits per heavy atom. The highest BCUT2D eigenvalue weighted by atomic mass is 19.1. The number of aliphatic hydroxyl groups is 1. The molecule has 0 radical (unpaired) electrons. The molecule has 0 aromatic heterocycles. The number of ether oxygens (including phenoxy) is 3. The smallest absolute Gasteiger partial charge is 0.165 e. The first-order valence-electron chi connectivity index (χ1n) is 8.78. The number of rotatable bonds is 7. The summed E-state index contributed by atoms with van der Waals surface area (Å²) in [6.07, 6.45) is -0.697. The molecule has 0 spiro atoms. The number of benzene rings is 1. The van der Waals surface area contributed by atoms with Crippen LogP contribution < -0.4 is 4.74 Å². The lowest BCUT2D eigenvalue weighted by molar-refractivity contribution is -0.0813. The summed E-state index contributed by atoms with van der Waals surface area (Å²) in [4.78, 5) is 2.13. The predicted molar refractivity (Wildman–Crippen MR) is 94.5 cm³/mol. The molecule has 0 saturated carbocycles. The van der Waals surface area contributed by atoms with Gasteiger partial charge in [0.25, 0.3) is 0 Å². The Morgan fingerprint density at radius 1 is 1.40 bits per heavy atom. The summed E-state index contributed by atoms with van der Waals surface area (Å²) in [5.74, 6) is -0.118. The molecule has 1 saturated heterocycles. The van der Waals surface area contributed by atoms with Crippen molar-refractivity contribution in [1.82, 2.24) is 4.90 Å². The summed E-state index contributed by atoms with van der Waals surface area (Å²) in [6, 6.07) is 4.80. The minimum absolute atomic E-state index is 0.149. The standard InChI is InChI=1S/C19H30FNO4/c1-14-5-6-17(20)18(9-14)24-13-16-11-21(7-8-23-16)10-15(22)12-25-19(2,3)4/h5-6,9,15-16,22H,7-8,10-13H2,1-4H3/t15-,16+/m0/s1. The lowest BCUT2D eigenvalue weighted by atomic mass is 10.2. The molecule has 2 atom stereocenters. The van der Waals surface area contributed by atoms with Crippen molar-refractivity contribution in [3.63, 3.8) is 0 Å². The molecule has 1 fully saturated rings. The van der Waals surface area contributed by atoms with E-state index in [1.807, 2.05) is 27.7 Å². The Bertz CT molecular complexity index is 547. The van der Waals surface area contributed by atoms with Crippen LogP contribution in [0.2, 0.25) is 0 Å². The van der Waals surface area contributed by atoms with E-state index in [0.29, 0.717) is 26.3 Å². The van der Waals surface area contributed by atoms with Crippen LogP contribution in [0.4, 0.5) is 4.39 Å². The maximum absolute atomic E-state index is 13.7. The van der Waals surface area contributed by atoms with E-state index in [1.165, 1.54) is 6.07 Å². The van der Waals surface area contributed by atoms with Gasteiger partial charge in [0.2, 0.25) is 0 Å². The molecule has 2 rings (SSSR count). The molecule has 25 heavy (non-hydrogen) atoms. The zero-order valence-corrected chi connectivity index (χ0v) is 15.6. The fourth-order valence-electron chi connectivity index (χ4n) is 2.65. The summed E-state index contributed by atoms with van der Waals surface area (Å²) >= 11 is 0. The van der Waals surface area contributed by atoms with E-state index >= 15 is 0 Å². The third-order valence-electron chi connectivity index (χ3n) is 3.91. The van der Waals surface area contributed by atoms with E-state index in [-0.39, 0.29) is 29.9 Å². The monoisotopic (exact) mass is 355 g/mol. The van der Waals surface area contributed by atoms with Crippen LogP contribution in [-0.2, 0) is 9.47 Å². The Balaban J connectivity index is 1.77. The first kappa shape index (κ1) is 20.1. The largest absolute Gasteiger partial charge is 0.488 e. The lowest BCUT2D eigenvalue weighted by Gasteiger charge is -2.34. The average molecular weight is 355 g/mol. The zero-order valence-electron chi connectivity index (χ0n) is 15.6. The first-order valence-corrected chi connectivity index (χ1v) is 8.78. The predicted octanol–water partition coefficient (Wildman–Crippen LogP) is 2.39. The Morgan fingerprint density at radius 2 is 2.16 bits per heavy atom. The van der Waals surface area contributed by atoms with E-state index < -0.39 is 6.10 Å². The zero-order chi connectivity index (χ0) is 18.4. The van der Waals surface area contributed by atoms with Gasteiger partial charge in [-0.3, -0.25) is 4.90 Å². The number of aryl methyl sites for hydroxylation is 1. The molecule has 1 aliphatic rings. The topological polar surface area (TPSA) is 51.2 Å². The summed E-state index contributed by atoms with van der Waals surface area (Å²) in [5.41, 5.74) is 0.685. The molecule has 1 heterocycles. The lowest BCUT2D eigenvalue weighted by Crippen LogP contribution is -2.48. The minimum atomic E-state index is -0.548. The molecule has 0 bridgehead atoms. The summed E-state index contributed by atoms with van der Waals surface area (Å²) in [6.45, 7) is 10.9. The normalized spacial score (nSPS) is 20.5. The molecule has 5 nitrogen and oxygen atoms in total. The highest BCUT2D eigenvalue weighted by molar-refractivity contribution is 5.29. The molecule has 1 aromatic carbocycles. The number of β-amino-alcohol motifs (C(OH)–C–C–N with tert-alkyl or cyclic N) is 1. The second-order valence-electron chi connectivity index (χ2n) is 7.57. The first-order chi connectivity index (χ1) is 11.7. The van der Waals surface area contributed by atoms with Crippen LogP contribution in [0, 0.1) is 12.7 Å². The number of halogens is 1. The van der Waals surface area contributed by atoms with E-state index in [1.54, 1.807) is 12.1 Å². The molecule has 1 aliphatic heterocycles. The highest BCUT2D eigenvalue weighted by Crippen LogP contribution is 2.19. The van der Waals surface area contributed by atoms with E-state index in [0.717, 1.165) is 12.1 Å². The van der Waals surface area contributed by atoms with Crippen LogP contribution >= 0.6 is 0 Å². The van der Waals surface area contributed by atoms with Crippen molar-refractivity contribution in [3.05, 3.63) is 29.6 Å². The van der Waals surface area contributed by atoms with Crippen molar-refractivity contribution in [2.75, 3.05) is 39.5 Å². The highest BCUT2D eigenvalue weighted by Gasteiger charge is 2.24. The van der Waals surface area contributed by atoms with Crippen molar-refractivity contribution >= 4 is 0 Å². The van der Waals surface area contributed by atoms with Crippen molar-refractivity contribution < 1.29 is 23.7 Å². The average Bonchev–Trinajstić information content (AvgIpc) is 2.53. The molecule has 142 valence electrons. The Labute approximate surface area is 149 Å². The fraction of sp³-hybridized carbons (Fsp3) is 0.684. The molecule has 6 heteroatoms. The van der Waals surface area contributed by atoms with Gasteiger partial charge in [-0.25, -0.2) is 4.39 Å². The summed E-state index contributed by atoms with van der Waals surface area (Å²) in [7, 11) is 0. The Hall–Kier alpha value is -1.21. The number of nitrogens with zero attached hydrogens (tertiary/aromatic N) is 1. The molecule has 1 aromatic rings. The van der Waals surface area contributed by atoms with Gasteiger partial charge in [0.1, 0.15) is 12.7 Å². The second-order valence-corrected chi connectivity index (χ2v) is 7.57. The molecule has 0 unspecified atom stereocenters. The number of aliphatic hydroxyl groups excluding tert-OH is 1.